The Balaban J connectivity index is 0.000000212. The molecule has 0 saturated heterocycles. The van der Waals surface area contributed by atoms with Crippen LogP contribution in [-0.2, 0) is 25.7 Å². The van der Waals surface area contributed by atoms with Crippen LogP contribution >= 0.6 is 0 Å². The maximum absolute atomic E-state index is 14.2. The molecule has 4 aromatic rings. The van der Waals surface area contributed by atoms with E-state index in [-0.39, 0.29) is 5.82 Å². The minimum Gasteiger partial charge on any atom is -0.386 e. The van der Waals surface area contributed by atoms with E-state index in [9.17, 15) is 26.7 Å². The summed E-state index contributed by atoms with van der Waals surface area (Å²) in [5, 5.41) is 5.15. The Morgan fingerprint density at radius 3 is 1.68 bits per heavy atom. The molecule has 4 aromatic carbocycles. The summed E-state index contributed by atoms with van der Waals surface area (Å²) < 4.78 is 72.8. The average Bonchev–Trinajstić information content (AvgIpc) is 2.91. The van der Waals surface area contributed by atoms with Gasteiger partial charge in [0.1, 0.15) is 23.6 Å². The van der Waals surface area contributed by atoms with Gasteiger partial charge in [-0.2, -0.15) is 17.2 Å². The molecule has 2 N–H and O–H groups in total. The third kappa shape index (κ3) is 8.17. The normalized spacial score (nSPS) is 12.5. The van der Waals surface area contributed by atoms with Crippen molar-refractivity contribution < 1.29 is 36.0 Å². The quantitative estimate of drug-likeness (QED) is 0.189. The average molecular weight is 564 g/mol. The summed E-state index contributed by atoms with van der Waals surface area (Å²) in [6.07, 6.45) is -1.15. The van der Waals surface area contributed by atoms with Gasteiger partial charge in [-0.15, -0.1) is 0 Å². The SMILES string of the molecule is Fc1ccccc1[S+](c1ccccc1)c1ccccc1.O=S(=O)(O)C(F)(F)COCC(O)c1ccccc1. The van der Waals surface area contributed by atoms with Gasteiger partial charge in [0.05, 0.1) is 6.61 Å². The second-order valence-corrected chi connectivity index (χ2v) is 11.5. The summed E-state index contributed by atoms with van der Waals surface area (Å²) in [4.78, 5) is 3.00. The molecular weight excluding hydrogens is 537 g/mol. The lowest BCUT2D eigenvalue weighted by Crippen LogP contribution is -2.34. The molecule has 0 fully saturated rings. The van der Waals surface area contributed by atoms with Crippen molar-refractivity contribution in [2.24, 2.45) is 0 Å². The van der Waals surface area contributed by atoms with Crippen molar-refractivity contribution in [1.82, 2.24) is 0 Å². The number of benzene rings is 4. The fourth-order valence-corrected chi connectivity index (χ4v) is 5.60. The number of alkyl halides is 2. The summed E-state index contributed by atoms with van der Waals surface area (Å²) in [6, 6.07) is 35.4. The molecule has 0 aromatic heterocycles. The van der Waals surface area contributed by atoms with Crippen LogP contribution in [0.3, 0.4) is 0 Å². The molecular formula is C28H26F3O5S2+. The van der Waals surface area contributed by atoms with E-state index in [1.54, 1.807) is 36.4 Å². The van der Waals surface area contributed by atoms with Crippen molar-refractivity contribution in [1.29, 1.82) is 0 Å². The van der Waals surface area contributed by atoms with E-state index < -0.39 is 45.6 Å². The number of rotatable bonds is 9. The van der Waals surface area contributed by atoms with Gasteiger partial charge in [-0.1, -0.05) is 78.9 Å². The van der Waals surface area contributed by atoms with Crippen LogP contribution in [-0.4, -0.2) is 36.5 Å². The van der Waals surface area contributed by atoms with E-state index in [1.807, 2.05) is 48.5 Å². The second kappa shape index (κ2) is 13.6. The number of halogens is 3. The standard InChI is InChI=1S/C18H14FS.C10H12F2O5S/c19-17-13-7-8-14-18(17)20(15-9-3-1-4-10-15)16-11-5-2-6-12-16;11-10(12,18(14,15)16)7-17-6-9(13)8-4-2-1-3-5-8/h1-14H;1-5,9,13H,6-7H2,(H,14,15,16)/q+1;. The van der Waals surface area contributed by atoms with Gasteiger partial charge in [0.25, 0.3) is 0 Å². The third-order valence-electron chi connectivity index (χ3n) is 5.12. The van der Waals surface area contributed by atoms with Crippen LogP contribution in [0.2, 0.25) is 0 Å². The van der Waals surface area contributed by atoms with Crippen LogP contribution < -0.4 is 0 Å². The first-order chi connectivity index (χ1) is 18.1. The van der Waals surface area contributed by atoms with Gasteiger partial charge in [0.2, 0.25) is 4.90 Å². The van der Waals surface area contributed by atoms with E-state index in [4.69, 9.17) is 4.55 Å². The fraction of sp³-hybridized carbons (Fsp3) is 0.143. The summed E-state index contributed by atoms with van der Waals surface area (Å²) >= 11 is 0. The molecule has 0 aliphatic rings. The highest BCUT2D eigenvalue weighted by Crippen LogP contribution is 2.32. The Morgan fingerprint density at radius 2 is 1.21 bits per heavy atom. The molecule has 0 saturated carbocycles. The number of aliphatic hydroxyl groups excluding tert-OH is 1. The van der Waals surface area contributed by atoms with Crippen molar-refractivity contribution in [3.63, 3.8) is 0 Å². The zero-order valence-electron chi connectivity index (χ0n) is 20.0. The zero-order valence-corrected chi connectivity index (χ0v) is 21.7. The van der Waals surface area contributed by atoms with E-state index in [0.29, 0.717) is 5.56 Å². The van der Waals surface area contributed by atoms with E-state index in [1.165, 1.54) is 6.07 Å². The van der Waals surface area contributed by atoms with Crippen LogP contribution in [0.1, 0.15) is 11.7 Å². The Bertz CT molecular complexity index is 1330. The minimum absolute atomic E-state index is 0.150. The van der Waals surface area contributed by atoms with Crippen LogP contribution in [0.25, 0.3) is 0 Å². The highest BCUT2D eigenvalue weighted by atomic mass is 32.2. The summed E-state index contributed by atoms with van der Waals surface area (Å²) in [7, 11) is -5.91. The van der Waals surface area contributed by atoms with E-state index >= 15 is 0 Å². The molecule has 1 unspecified atom stereocenters. The first kappa shape index (κ1) is 29.4. The molecule has 4 rings (SSSR count). The van der Waals surface area contributed by atoms with Crippen molar-refractivity contribution in [3.8, 4) is 0 Å². The highest BCUT2D eigenvalue weighted by molar-refractivity contribution is 7.97. The van der Waals surface area contributed by atoms with Crippen LogP contribution in [0.4, 0.5) is 13.2 Å². The molecule has 200 valence electrons. The Morgan fingerprint density at radius 1 is 0.763 bits per heavy atom. The van der Waals surface area contributed by atoms with Crippen molar-refractivity contribution in [2.75, 3.05) is 13.2 Å². The maximum atomic E-state index is 14.2. The topological polar surface area (TPSA) is 83.8 Å². The molecule has 5 nitrogen and oxygen atoms in total. The van der Waals surface area contributed by atoms with Gasteiger partial charge in [0.15, 0.2) is 15.6 Å². The summed E-state index contributed by atoms with van der Waals surface area (Å²) in [5.41, 5.74) is 0.452. The summed E-state index contributed by atoms with van der Waals surface area (Å²) in [5.74, 6) is -0.150. The lowest BCUT2D eigenvalue weighted by atomic mass is 10.1. The zero-order chi connectivity index (χ0) is 27.6. The summed E-state index contributed by atoms with van der Waals surface area (Å²) in [6.45, 7) is -2.02. The van der Waals surface area contributed by atoms with E-state index in [0.717, 1.165) is 14.7 Å². The van der Waals surface area contributed by atoms with Gasteiger partial charge in [-0.05, 0) is 42.0 Å². The molecule has 10 heteroatoms. The molecule has 0 bridgehead atoms. The Kier molecular flexibility index (Phi) is 10.5. The molecule has 0 spiro atoms. The highest BCUT2D eigenvalue weighted by Gasteiger charge is 2.44. The Hall–Kier alpha value is -3.15. The minimum atomic E-state index is -5.50. The predicted octanol–water partition coefficient (Wildman–Crippen LogP) is 6.14. The van der Waals surface area contributed by atoms with Crippen molar-refractivity contribution in [3.05, 3.63) is 127 Å². The molecule has 38 heavy (non-hydrogen) atoms. The predicted molar refractivity (Wildman–Crippen MR) is 140 cm³/mol. The smallest absolute Gasteiger partial charge is 0.386 e. The van der Waals surface area contributed by atoms with Gasteiger partial charge in [-0.25, -0.2) is 4.39 Å². The largest absolute Gasteiger partial charge is 0.392 e. The first-order valence-electron chi connectivity index (χ1n) is 11.3. The van der Waals surface area contributed by atoms with Crippen LogP contribution in [0.15, 0.2) is 130 Å². The van der Waals surface area contributed by atoms with Gasteiger partial charge in [0, 0.05) is 0 Å². The number of hydrogen-bond acceptors (Lipinski definition) is 4. The molecule has 1 atom stereocenters. The monoisotopic (exact) mass is 563 g/mol. The molecule has 0 radical (unpaired) electrons. The van der Waals surface area contributed by atoms with Crippen LogP contribution in [0.5, 0.6) is 0 Å². The number of hydrogen-bond donors (Lipinski definition) is 2. The van der Waals surface area contributed by atoms with Crippen molar-refractivity contribution >= 4 is 21.0 Å². The maximum Gasteiger partial charge on any atom is 0.392 e. The number of ether oxygens (including phenoxy) is 1. The number of aliphatic hydroxyl groups is 1. The molecule has 0 aliphatic carbocycles. The van der Waals surface area contributed by atoms with Crippen molar-refractivity contribution in [2.45, 2.75) is 26.0 Å². The molecule has 0 amide bonds. The third-order valence-corrected chi connectivity index (χ3v) is 8.25. The van der Waals surface area contributed by atoms with Gasteiger partial charge < -0.3 is 9.84 Å². The fourth-order valence-electron chi connectivity index (χ4n) is 3.25. The van der Waals surface area contributed by atoms with Gasteiger partial charge >= 0.3 is 15.4 Å². The van der Waals surface area contributed by atoms with Crippen LogP contribution in [0, 0.1) is 5.82 Å². The Labute approximate surface area is 222 Å². The van der Waals surface area contributed by atoms with Gasteiger partial charge in [-0.3, -0.25) is 4.55 Å². The lowest BCUT2D eigenvalue weighted by Gasteiger charge is -2.15. The molecule has 0 aliphatic heterocycles. The molecule has 0 heterocycles. The second-order valence-electron chi connectivity index (χ2n) is 7.92. The lowest BCUT2D eigenvalue weighted by molar-refractivity contribution is -0.0462. The van der Waals surface area contributed by atoms with E-state index in [2.05, 4.69) is 29.0 Å². The first-order valence-corrected chi connectivity index (χ1v) is 14.0.